The quantitative estimate of drug-likeness (QED) is 0.478. The summed E-state index contributed by atoms with van der Waals surface area (Å²) < 4.78 is 0. The Morgan fingerprint density at radius 3 is 1.77 bits per heavy atom. The van der Waals surface area contributed by atoms with Gasteiger partial charge >= 0.3 is 0 Å². The molecular weight excluding hydrogens is 367 g/mol. The van der Waals surface area contributed by atoms with Crippen LogP contribution in [-0.4, -0.2) is 19.9 Å². The van der Waals surface area contributed by atoms with Crippen LogP contribution in [0.2, 0.25) is 5.28 Å². The summed E-state index contributed by atoms with van der Waals surface area (Å²) in [5, 5.41) is 0.312. The number of aryl methyl sites for hydroxylation is 2. The Morgan fingerprint density at radius 2 is 1.27 bits per heavy atom. The molecule has 6 heteroatoms. The van der Waals surface area contributed by atoms with E-state index in [0.29, 0.717) is 11.1 Å². The Labute approximate surface area is 165 Å². The van der Waals surface area contributed by atoms with Crippen molar-refractivity contribution >= 4 is 24.0 Å². The molecule has 2 aromatic heterocycles. The van der Waals surface area contributed by atoms with Crippen molar-refractivity contribution in [1.29, 1.82) is 0 Å². The molecule has 4 nitrogen and oxygen atoms in total. The van der Waals surface area contributed by atoms with Gasteiger partial charge in [0.1, 0.15) is 0 Å². The van der Waals surface area contributed by atoms with Crippen molar-refractivity contribution in [2.45, 2.75) is 26.7 Å². The SMILES string of the molecule is CCc1cnc(C#Cc2ccccc2)nc1.CCc1cnc(Cl)nc1.Cl. The van der Waals surface area contributed by atoms with Gasteiger partial charge in [0.15, 0.2) is 0 Å². The molecule has 3 rings (SSSR count). The lowest BCUT2D eigenvalue weighted by molar-refractivity contribution is 1.03. The van der Waals surface area contributed by atoms with Gasteiger partial charge in [-0.25, -0.2) is 19.9 Å². The summed E-state index contributed by atoms with van der Waals surface area (Å²) in [5.74, 6) is 6.53. The molecule has 26 heavy (non-hydrogen) atoms. The van der Waals surface area contributed by atoms with Gasteiger partial charge in [-0.2, -0.15) is 0 Å². The highest BCUT2D eigenvalue weighted by atomic mass is 35.5. The molecule has 1 aromatic carbocycles. The molecule has 0 atom stereocenters. The second-order valence-electron chi connectivity index (χ2n) is 5.10. The summed E-state index contributed by atoms with van der Waals surface area (Å²) in [5.41, 5.74) is 3.22. The summed E-state index contributed by atoms with van der Waals surface area (Å²) in [7, 11) is 0. The summed E-state index contributed by atoms with van der Waals surface area (Å²) in [4.78, 5) is 16.0. The molecule has 0 aliphatic heterocycles. The number of halogens is 2. The van der Waals surface area contributed by atoms with Crippen LogP contribution in [0.5, 0.6) is 0 Å². The minimum Gasteiger partial charge on any atom is -0.229 e. The predicted molar refractivity (Wildman–Crippen MR) is 108 cm³/mol. The molecule has 0 unspecified atom stereocenters. The number of benzene rings is 1. The van der Waals surface area contributed by atoms with Gasteiger partial charge in [-0.05, 0) is 53.6 Å². The van der Waals surface area contributed by atoms with Gasteiger partial charge in [0, 0.05) is 30.4 Å². The molecule has 0 saturated carbocycles. The third kappa shape index (κ3) is 7.60. The zero-order chi connectivity index (χ0) is 17.9. The smallest absolute Gasteiger partial charge is 0.222 e. The predicted octanol–water partition coefficient (Wildman–Crippen LogP) is 4.55. The van der Waals surface area contributed by atoms with E-state index in [2.05, 4.69) is 38.7 Å². The molecule has 0 amide bonds. The molecular formula is C20H20Cl2N4. The highest BCUT2D eigenvalue weighted by Gasteiger charge is 1.92. The molecule has 0 N–H and O–H groups in total. The molecule has 134 valence electrons. The third-order valence-electron chi connectivity index (χ3n) is 3.29. The summed E-state index contributed by atoms with van der Waals surface area (Å²) >= 11 is 5.45. The van der Waals surface area contributed by atoms with E-state index in [1.165, 1.54) is 0 Å². The molecule has 0 spiro atoms. The van der Waals surface area contributed by atoms with Crippen LogP contribution in [0.15, 0.2) is 55.1 Å². The van der Waals surface area contributed by atoms with Crippen LogP contribution in [0.1, 0.15) is 36.4 Å². The standard InChI is InChI=1S/C14H12N2.C6H7ClN2.ClH/c1-2-12-10-15-14(16-11-12)9-8-13-6-4-3-5-7-13;1-2-5-3-8-6(7)9-4-5;/h3-7,10-11H,2H2,1H3;3-4H,2H2,1H3;1H. The summed E-state index contributed by atoms with van der Waals surface area (Å²) in [6.07, 6.45) is 9.01. The van der Waals surface area contributed by atoms with Gasteiger partial charge in [0.2, 0.25) is 11.1 Å². The van der Waals surface area contributed by atoms with Crippen molar-refractivity contribution in [2.24, 2.45) is 0 Å². The Hall–Kier alpha value is -2.48. The Morgan fingerprint density at radius 1 is 0.769 bits per heavy atom. The van der Waals surface area contributed by atoms with Crippen LogP contribution in [0, 0.1) is 11.8 Å². The molecule has 0 saturated heterocycles. The number of nitrogens with zero attached hydrogens (tertiary/aromatic N) is 4. The van der Waals surface area contributed by atoms with Crippen molar-refractivity contribution in [2.75, 3.05) is 0 Å². The van der Waals surface area contributed by atoms with E-state index in [1.807, 2.05) is 49.6 Å². The monoisotopic (exact) mass is 386 g/mol. The molecule has 0 fully saturated rings. The fourth-order valence-corrected chi connectivity index (χ4v) is 1.87. The molecule has 0 aliphatic carbocycles. The first-order valence-corrected chi connectivity index (χ1v) is 8.43. The summed E-state index contributed by atoms with van der Waals surface area (Å²) in [6, 6.07) is 9.83. The van der Waals surface area contributed by atoms with Gasteiger partial charge < -0.3 is 0 Å². The van der Waals surface area contributed by atoms with E-state index in [9.17, 15) is 0 Å². The van der Waals surface area contributed by atoms with Crippen molar-refractivity contribution in [3.63, 3.8) is 0 Å². The molecule has 0 bridgehead atoms. The lowest BCUT2D eigenvalue weighted by atomic mass is 10.2. The van der Waals surface area contributed by atoms with Crippen molar-refractivity contribution < 1.29 is 0 Å². The molecule has 2 heterocycles. The lowest BCUT2D eigenvalue weighted by Crippen LogP contribution is -1.90. The highest BCUT2D eigenvalue weighted by molar-refractivity contribution is 6.28. The number of hydrogen-bond donors (Lipinski definition) is 0. The molecule has 3 aromatic rings. The van der Waals surface area contributed by atoms with Gasteiger partial charge in [0.05, 0.1) is 0 Å². The largest absolute Gasteiger partial charge is 0.229 e. The van der Waals surface area contributed by atoms with Gasteiger partial charge in [-0.3, -0.25) is 0 Å². The maximum absolute atomic E-state index is 5.45. The van der Waals surface area contributed by atoms with Crippen molar-refractivity contribution in [3.05, 3.63) is 82.9 Å². The van der Waals surface area contributed by atoms with Gasteiger partial charge in [0.25, 0.3) is 0 Å². The van der Waals surface area contributed by atoms with Crippen molar-refractivity contribution in [3.8, 4) is 11.8 Å². The number of aromatic nitrogens is 4. The zero-order valence-electron chi connectivity index (χ0n) is 14.7. The van der Waals surface area contributed by atoms with E-state index < -0.39 is 0 Å². The van der Waals surface area contributed by atoms with Gasteiger partial charge in [-0.15, -0.1) is 12.4 Å². The first-order chi connectivity index (χ1) is 12.2. The number of rotatable bonds is 2. The average molecular weight is 387 g/mol. The topological polar surface area (TPSA) is 51.6 Å². The second-order valence-corrected chi connectivity index (χ2v) is 5.44. The van der Waals surface area contributed by atoms with Crippen LogP contribution in [-0.2, 0) is 12.8 Å². The first kappa shape index (κ1) is 21.6. The molecule has 0 radical (unpaired) electrons. The average Bonchev–Trinajstić information content (AvgIpc) is 2.69. The minimum atomic E-state index is 0. The minimum absolute atomic E-state index is 0. The first-order valence-electron chi connectivity index (χ1n) is 8.05. The van der Waals surface area contributed by atoms with Crippen LogP contribution in [0.25, 0.3) is 0 Å². The Balaban J connectivity index is 0.000000290. The normalized spacial score (nSPS) is 9.04. The van der Waals surface area contributed by atoms with Gasteiger partial charge in [-0.1, -0.05) is 38.0 Å². The van der Waals surface area contributed by atoms with E-state index in [0.717, 1.165) is 29.5 Å². The fraction of sp³-hybridized carbons (Fsp3) is 0.200. The number of hydrogen-bond acceptors (Lipinski definition) is 4. The Kier molecular flexibility index (Phi) is 9.93. The van der Waals surface area contributed by atoms with E-state index in [1.54, 1.807) is 12.4 Å². The van der Waals surface area contributed by atoms with E-state index in [-0.39, 0.29) is 12.4 Å². The van der Waals surface area contributed by atoms with Crippen LogP contribution in [0.3, 0.4) is 0 Å². The Bertz CT molecular complexity index is 824. The third-order valence-corrected chi connectivity index (χ3v) is 3.48. The maximum Gasteiger partial charge on any atom is 0.222 e. The summed E-state index contributed by atoms with van der Waals surface area (Å²) in [6.45, 7) is 4.13. The maximum atomic E-state index is 5.45. The van der Waals surface area contributed by atoms with E-state index >= 15 is 0 Å². The van der Waals surface area contributed by atoms with E-state index in [4.69, 9.17) is 11.6 Å². The zero-order valence-corrected chi connectivity index (χ0v) is 16.3. The lowest BCUT2D eigenvalue weighted by Gasteiger charge is -1.93. The highest BCUT2D eigenvalue weighted by Crippen LogP contribution is 2.00. The van der Waals surface area contributed by atoms with Crippen LogP contribution >= 0.6 is 24.0 Å². The second kappa shape index (κ2) is 12.0. The van der Waals surface area contributed by atoms with Crippen LogP contribution < -0.4 is 0 Å². The van der Waals surface area contributed by atoms with Crippen LogP contribution in [0.4, 0.5) is 0 Å². The fourth-order valence-electron chi connectivity index (χ4n) is 1.77. The molecule has 0 aliphatic rings. The van der Waals surface area contributed by atoms with Crippen molar-refractivity contribution in [1.82, 2.24) is 19.9 Å².